The van der Waals surface area contributed by atoms with Crippen LogP contribution in [0.3, 0.4) is 0 Å². The molecular weight excluding hydrogens is 488 g/mol. The second-order valence-corrected chi connectivity index (χ2v) is 9.51. The van der Waals surface area contributed by atoms with Crippen molar-refractivity contribution >= 4 is 17.7 Å². The number of carbonyl (C=O) groups is 3. The summed E-state index contributed by atoms with van der Waals surface area (Å²) >= 11 is 0. The van der Waals surface area contributed by atoms with Crippen molar-refractivity contribution in [3.8, 4) is 11.5 Å². The third kappa shape index (κ3) is 5.77. The molecule has 2 aliphatic rings. The SMILES string of the molecule is COc1ccc2cc1OCCCn1cc(nn1)CNC(=O)[C@H](Cc1ccccc1)NC(=O)C1(CC1)NC2=O. The van der Waals surface area contributed by atoms with Crippen molar-refractivity contribution < 1.29 is 23.9 Å². The molecule has 1 aliphatic heterocycles. The molecule has 3 aromatic rings. The Morgan fingerprint density at radius 3 is 2.71 bits per heavy atom. The Morgan fingerprint density at radius 2 is 1.95 bits per heavy atom. The maximum absolute atomic E-state index is 13.4. The summed E-state index contributed by atoms with van der Waals surface area (Å²) in [5.41, 5.74) is 0.773. The van der Waals surface area contributed by atoms with Crippen molar-refractivity contribution in [1.82, 2.24) is 30.9 Å². The number of ether oxygens (including phenoxy) is 2. The van der Waals surface area contributed by atoms with Gasteiger partial charge in [-0.1, -0.05) is 35.5 Å². The van der Waals surface area contributed by atoms with Crippen LogP contribution in [-0.4, -0.2) is 58.0 Å². The molecule has 11 nitrogen and oxygen atoms in total. The number of aromatic nitrogens is 3. The van der Waals surface area contributed by atoms with Gasteiger partial charge >= 0.3 is 0 Å². The first kappa shape index (κ1) is 25.2. The number of aryl methyl sites for hydroxylation is 1. The van der Waals surface area contributed by atoms with E-state index in [1.54, 1.807) is 29.1 Å². The zero-order valence-electron chi connectivity index (χ0n) is 21.1. The van der Waals surface area contributed by atoms with Gasteiger partial charge in [0.25, 0.3) is 5.91 Å². The van der Waals surface area contributed by atoms with E-state index >= 15 is 0 Å². The highest BCUT2D eigenvalue weighted by Gasteiger charge is 2.52. The first-order chi connectivity index (χ1) is 18.5. The average molecular weight is 519 g/mol. The Bertz CT molecular complexity index is 1320. The molecule has 2 heterocycles. The minimum atomic E-state index is -1.07. The number of benzene rings is 2. The summed E-state index contributed by atoms with van der Waals surface area (Å²) in [6.45, 7) is 1.08. The fourth-order valence-electron chi connectivity index (χ4n) is 4.35. The van der Waals surface area contributed by atoms with E-state index in [0.717, 1.165) is 5.56 Å². The van der Waals surface area contributed by atoms with E-state index in [1.165, 1.54) is 7.11 Å². The number of hydrogen-bond donors (Lipinski definition) is 3. The zero-order valence-corrected chi connectivity index (χ0v) is 21.1. The molecule has 2 aromatic carbocycles. The maximum atomic E-state index is 13.4. The van der Waals surface area contributed by atoms with Gasteiger partial charge in [0.1, 0.15) is 17.3 Å². The molecule has 198 valence electrons. The van der Waals surface area contributed by atoms with Gasteiger partial charge in [-0.15, -0.1) is 5.10 Å². The highest BCUT2D eigenvalue weighted by Crippen LogP contribution is 2.37. The summed E-state index contributed by atoms with van der Waals surface area (Å²) in [5.74, 6) is -0.199. The lowest BCUT2D eigenvalue weighted by atomic mass is 10.0. The minimum Gasteiger partial charge on any atom is -0.493 e. The molecule has 4 bridgehead atoms. The lowest BCUT2D eigenvalue weighted by Gasteiger charge is -2.23. The van der Waals surface area contributed by atoms with Gasteiger partial charge in [0, 0.05) is 24.9 Å². The molecule has 38 heavy (non-hydrogen) atoms. The number of hydrogen-bond acceptors (Lipinski definition) is 7. The molecule has 3 amide bonds. The molecule has 1 atom stereocenters. The van der Waals surface area contributed by atoms with Crippen LogP contribution in [0, 0.1) is 0 Å². The monoisotopic (exact) mass is 518 g/mol. The molecule has 11 heteroatoms. The number of nitrogens with one attached hydrogen (secondary N) is 3. The van der Waals surface area contributed by atoms with Crippen LogP contribution < -0.4 is 25.4 Å². The predicted molar refractivity (Wildman–Crippen MR) is 136 cm³/mol. The van der Waals surface area contributed by atoms with E-state index in [9.17, 15) is 14.4 Å². The van der Waals surface area contributed by atoms with Gasteiger partial charge in [0.05, 0.1) is 26.5 Å². The smallest absolute Gasteiger partial charge is 0.252 e. The molecule has 1 aromatic heterocycles. The van der Waals surface area contributed by atoms with E-state index in [4.69, 9.17) is 9.47 Å². The quantitative estimate of drug-likeness (QED) is 0.476. The minimum absolute atomic E-state index is 0.168. The molecule has 1 spiro atoms. The zero-order chi connectivity index (χ0) is 26.5. The molecule has 1 saturated carbocycles. The van der Waals surface area contributed by atoms with Gasteiger partial charge in [0.2, 0.25) is 11.8 Å². The summed E-state index contributed by atoms with van der Waals surface area (Å²) in [4.78, 5) is 39.7. The van der Waals surface area contributed by atoms with E-state index in [0.29, 0.717) is 61.6 Å². The van der Waals surface area contributed by atoms with Gasteiger partial charge in [-0.25, -0.2) is 0 Å². The molecule has 1 aliphatic carbocycles. The van der Waals surface area contributed by atoms with Crippen molar-refractivity contribution in [1.29, 1.82) is 0 Å². The average Bonchev–Trinajstić information content (AvgIpc) is 3.57. The molecule has 0 saturated heterocycles. The first-order valence-corrected chi connectivity index (χ1v) is 12.6. The number of fused-ring (bicyclic) bond motifs is 4. The number of rotatable bonds is 3. The third-order valence-electron chi connectivity index (χ3n) is 6.69. The predicted octanol–water partition coefficient (Wildman–Crippen LogP) is 1.38. The van der Waals surface area contributed by atoms with Gasteiger partial charge in [-0.05, 0) is 36.6 Å². The van der Waals surface area contributed by atoms with Crippen molar-refractivity contribution in [2.45, 2.75) is 50.4 Å². The maximum Gasteiger partial charge on any atom is 0.252 e. The van der Waals surface area contributed by atoms with Crippen LogP contribution >= 0.6 is 0 Å². The Morgan fingerprint density at radius 1 is 1.13 bits per heavy atom. The van der Waals surface area contributed by atoms with Crippen LogP contribution in [0.1, 0.15) is 40.9 Å². The largest absolute Gasteiger partial charge is 0.493 e. The Balaban J connectivity index is 1.42. The van der Waals surface area contributed by atoms with Gasteiger partial charge in [-0.3, -0.25) is 19.1 Å². The van der Waals surface area contributed by atoms with Crippen LogP contribution in [0.15, 0.2) is 54.7 Å². The third-order valence-corrected chi connectivity index (χ3v) is 6.69. The summed E-state index contributed by atoms with van der Waals surface area (Å²) in [7, 11) is 1.53. The molecular formula is C27H30N6O5. The van der Waals surface area contributed by atoms with Crippen LogP contribution in [0.25, 0.3) is 0 Å². The molecule has 5 rings (SSSR count). The van der Waals surface area contributed by atoms with E-state index in [-0.39, 0.29) is 12.5 Å². The number of carbonyl (C=O) groups excluding carboxylic acids is 3. The Labute approximate surface area is 219 Å². The second-order valence-electron chi connectivity index (χ2n) is 9.51. The summed E-state index contributed by atoms with van der Waals surface area (Å²) in [5, 5.41) is 16.9. The normalized spacial score (nSPS) is 19.6. The Hall–Kier alpha value is -4.41. The highest BCUT2D eigenvalue weighted by atomic mass is 16.5. The number of methoxy groups -OCH3 is 1. The van der Waals surface area contributed by atoms with E-state index in [2.05, 4.69) is 26.3 Å². The van der Waals surface area contributed by atoms with Crippen molar-refractivity contribution in [3.63, 3.8) is 0 Å². The fraction of sp³-hybridized carbons (Fsp3) is 0.370. The summed E-state index contributed by atoms with van der Waals surface area (Å²) in [6, 6.07) is 13.5. The molecule has 1 fully saturated rings. The van der Waals surface area contributed by atoms with Crippen LogP contribution in [0.2, 0.25) is 0 Å². The Kier molecular flexibility index (Phi) is 7.25. The standard InChI is InChI=1S/C27H30N6O5/c1-37-22-9-8-19-15-23(22)38-13-5-12-33-17-20(31-32-33)16-28-25(35)21(14-18-6-3-2-4-7-18)29-26(36)27(10-11-27)30-24(19)34/h2-4,6-9,15,17,21H,5,10-14,16H2,1H3,(H,28,35)(H,29,36)(H,30,34)/t21-/m0/s1. The summed E-state index contributed by atoms with van der Waals surface area (Å²) in [6.07, 6.45) is 3.66. The second kappa shape index (κ2) is 10.9. The van der Waals surface area contributed by atoms with Crippen molar-refractivity contribution in [3.05, 3.63) is 71.5 Å². The highest BCUT2D eigenvalue weighted by molar-refractivity contribution is 6.02. The lowest BCUT2D eigenvalue weighted by Crippen LogP contribution is -2.55. The topological polar surface area (TPSA) is 136 Å². The van der Waals surface area contributed by atoms with Crippen molar-refractivity contribution in [2.75, 3.05) is 13.7 Å². The molecule has 0 unspecified atom stereocenters. The fourth-order valence-corrected chi connectivity index (χ4v) is 4.35. The van der Waals surface area contributed by atoms with Crippen LogP contribution in [-0.2, 0) is 29.1 Å². The van der Waals surface area contributed by atoms with E-state index < -0.39 is 23.4 Å². The van der Waals surface area contributed by atoms with Gasteiger partial charge < -0.3 is 25.4 Å². The molecule has 0 radical (unpaired) electrons. The van der Waals surface area contributed by atoms with Crippen LogP contribution in [0.5, 0.6) is 11.5 Å². The number of amides is 3. The number of nitrogens with zero attached hydrogens (tertiary/aromatic N) is 3. The lowest BCUT2D eigenvalue weighted by molar-refractivity contribution is -0.130. The van der Waals surface area contributed by atoms with Crippen LogP contribution in [0.4, 0.5) is 0 Å². The van der Waals surface area contributed by atoms with Crippen molar-refractivity contribution in [2.24, 2.45) is 0 Å². The summed E-state index contributed by atoms with van der Waals surface area (Å²) < 4.78 is 13.0. The van der Waals surface area contributed by atoms with Gasteiger partial charge in [0.15, 0.2) is 11.5 Å². The van der Waals surface area contributed by atoms with E-state index in [1.807, 2.05) is 30.3 Å². The van der Waals surface area contributed by atoms with Gasteiger partial charge in [-0.2, -0.15) is 0 Å². The first-order valence-electron chi connectivity index (χ1n) is 12.6. The molecule has 3 N–H and O–H groups in total.